The number of halogens is 1. The van der Waals surface area contributed by atoms with Crippen LogP contribution in [0.25, 0.3) is 11.4 Å². The maximum Gasteiger partial charge on any atom is 0.234 e. The lowest BCUT2D eigenvalue weighted by Crippen LogP contribution is -2.15. The minimum atomic E-state index is -0.0937. The first-order valence-electron chi connectivity index (χ1n) is 10.9. The molecular weight excluding hydrogens is 466 g/mol. The van der Waals surface area contributed by atoms with E-state index in [0.717, 1.165) is 44.3 Å². The van der Waals surface area contributed by atoms with E-state index in [9.17, 15) is 4.79 Å². The fraction of sp³-hybridized carbons (Fsp3) is 0.148. The molecule has 0 saturated heterocycles. The second kappa shape index (κ2) is 9.49. The predicted octanol–water partition coefficient (Wildman–Crippen LogP) is 6.84. The topological polar surface area (TPSA) is 64.1 Å². The maximum absolute atomic E-state index is 12.8. The number of aromatic nitrogens is 2. The molecule has 170 valence electrons. The molecular formula is C27H22ClN3O2S. The summed E-state index contributed by atoms with van der Waals surface area (Å²) in [5.74, 6) is 1.93. The number of thioether (sulfide) groups is 1. The normalized spacial score (nSPS) is 11.9. The summed E-state index contributed by atoms with van der Waals surface area (Å²) >= 11 is 7.59. The van der Waals surface area contributed by atoms with Crippen LogP contribution in [0.5, 0.6) is 11.6 Å². The molecule has 0 aliphatic carbocycles. The summed E-state index contributed by atoms with van der Waals surface area (Å²) in [5, 5.41) is 4.37. The highest BCUT2D eigenvalue weighted by Gasteiger charge is 2.25. The lowest BCUT2D eigenvalue weighted by molar-refractivity contribution is -0.113. The Morgan fingerprint density at radius 3 is 2.56 bits per heavy atom. The average Bonchev–Trinajstić information content (AvgIpc) is 2.81. The lowest BCUT2D eigenvalue weighted by atomic mass is 10.0. The van der Waals surface area contributed by atoms with E-state index in [-0.39, 0.29) is 11.7 Å². The van der Waals surface area contributed by atoms with Gasteiger partial charge in [0.05, 0.1) is 11.3 Å². The molecule has 0 unspecified atom stereocenters. The van der Waals surface area contributed by atoms with Gasteiger partial charge in [0.1, 0.15) is 10.8 Å². The summed E-state index contributed by atoms with van der Waals surface area (Å²) < 4.78 is 6.14. The van der Waals surface area contributed by atoms with Crippen molar-refractivity contribution in [2.45, 2.75) is 25.3 Å². The molecule has 0 spiro atoms. The van der Waals surface area contributed by atoms with E-state index in [4.69, 9.17) is 26.3 Å². The highest BCUT2D eigenvalue weighted by atomic mass is 35.5. The summed E-state index contributed by atoms with van der Waals surface area (Å²) in [5.41, 5.74) is 5.72. The number of carbonyl (C=O) groups is 1. The van der Waals surface area contributed by atoms with Gasteiger partial charge in [-0.1, -0.05) is 59.8 Å². The highest BCUT2D eigenvalue weighted by molar-refractivity contribution is 8.00. The lowest BCUT2D eigenvalue weighted by Gasteiger charge is -2.22. The summed E-state index contributed by atoms with van der Waals surface area (Å²) in [4.78, 5) is 22.3. The molecule has 7 heteroatoms. The molecule has 0 atom stereocenters. The summed E-state index contributed by atoms with van der Waals surface area (Å²) in [7, 11) is 0. The van der Waals surface area contributed by atoms with Crippen LogP contribution in [0.1, 0.15) is 22.3 Å². The SMILES string of the molecule is Cc1cc(C)cc(NC(=O)CSc2nc(-c3ccccc3)nc3c2Cc2cc(Cl)ccc2O3)c1. The third-order valence-corrected chi connectivity index (χ3v) is 6.66. The van der Waals surface area contributed by atoms with E-state index >= 15 is 0 Å². The van der Waals surface area contributed by atoms with Gasteiger partial charge in [0.2, 0.25) is 11.8 Å². The Kier molecular flexibility index (Phi) is 6.26. The van der Waals surface area contributed by atoms with Gasteiger partial charge >= 0.3 is 0 Å². The Morgan fingerprint density at radius 2 is 1.79 bits per heavy atom. The van der Waals surface area contributed by atoms with Gasteiger partial charge in [0, 0.05) is 28.3 Å². The van der Waals surface area contributed by atoms with Crippen molar-refractivity contribution in [3.63, 3.8) is 0 Å². The third kappa shape index (κ3) is 4.93. The average molecular weight is 488 g/mol. The van der Waals surface area contributed by atoms with Crippen molar-refractivity contribution in [2.75, 3.05) is 11.1 Å². The van der Waals surface area contributed by atoms with Crippen LogP contribution in [-0.2, 0) is 11.2 Å². The van der Waals surface area contributed by atoms with E-state index in [1.807, 2.05) is 68.4 Å². The monoisotopic (exact) mass is 487 g/mol. The van der Waals surface area contributed by atoms with Crippen molar-refractivity contribution in [1.29, 1.82) is 0 Å². The van der Waals surface area contributed by atoms with E-state index in [1.165, 1.54) is 11.8 Å². The van der Waals surface area contributed by atoms with Crippen LogP contribution in [0.3, 0.4) is 0 Å². The minimum Gasteiger partial charge on any atom is -0.438 e. The number of hydrogen-bond acceptors (Lipinski definition) is 5. The van der Waals surface area contributed by atoms with Gasteiger partial charge in [-0.05, 0) is 55.3 Å². The zero-order valence-corrected chi connectivity index (χ0v) is 20.3. The zero-order chi connectivity index (χ0) is 23.7. The number of aryl methyl sites for hydroxylation is 2. The van der Waals surface area contributed by atoms with E-state index in [0.29, 0.717) is 23.1 Å². The Bertz CT molecular complexity index is 1370. The van der Waals surface area contributed by atoms with Crippen molar-refractivity contribution in [1.82, 2.24) is 9.97 Å². The van der Waals surface area contributed by atoms with Crippen molar-refractivity contribution in [3.8, 4) is 23.0 Å². The smallest absolute Gasteiger partial charge is 0.234 e. The van der Waals surface area contributed by atoms with Crippen molar-refractivity contribution in [2.24, 2.45) is 0 Å². The molecule has 0 bridgehead atoms. The fourth-order valence-corrected chi connectivity index (χ4v) is 4.99. The first-order chi connectivity index (χ1) is 16.4. The predicted molar refractivity (Wildman–Crippen MR) is 137 cm³/mol. The minimum absolute atomic E-state index is 0.0937. The van der Waals surface area contributed by atoms with Crippen molar-refractivity contribution < 1.29 is 9.53 Å². The fourth-order valence-electron chi connectivity index (χ4n) is 3.97. The van der Waals surface area contributed by atoms with Gasteiger partial charge in [-0.3, -0.25) is 4.79 Å². The van der Waals surface area contributed by atoms with Crippen LogP contribution in [-0.4, -0.2) is 21.6 Å². The molecule has 0 saturated carbocycles. The largest absolute Gasteiger partial charge is 0.438 e. The second-order valence-electron chi connectivity index (χ2n) is 8.25. The standard InChI is InChI=1S/C27H22ClN3O2S/c1-16-10-17(2)12-21(11-16)29-24(32)15-34-27-22-14-19-13-20(28)8-9-23(19)33-26(22)30-25(31-27)18-6-4-3-5-7-18/h3-13H,14-15H2,1-2H3,(H,29,32). The maximum atomic E-state index is 12.8. The molecule has 1 N–H and O–H groups in total. The first kappa shape index (κ1) is 22.4. The van der Waals surface area contributed by atoms with Crippen LogP contribution in [0.4, 0.5) is 5.69 Å². The van der Waals surface area contributed by atoms with Crippen LogP contribution in [0, 0.1) is 13.8 Å². The molecule has 0 radical (unpaired) electrons. The van der Waals surface area contributed by atoms with Crippen LogP contribution in [0.2, 0.25) is 5.02 Å². The highest BCUT2D eigenvalue weighted by Crippen LogP contribution is 2.41. The molecule has 2 heterocycles. The van der Waals surface area contributed by atoms with Gasteiger partial charge < -0.3 is 10.1 Å². The summed E-state index contributed by atoms with van der Waals surface area (Å²) in [6.07, 6.45) is 0.585. The molecule has 5 nitrogen and oxygen atoms in total. The van der Waals surface area contributed by atoms with Crippen LogP contribution >= 0.6 is 23.4 Å². The molecule has 5 rings (SSSR count). The van der Waals surface area contributed by atoms with E-state index in [1.54, 1.807) is 6.07 Å². The Balaban J connectivity index is 1.44. The number of ether oxygens (including phenoxy) is 1. The first-order valence-corrected chi connectivity index (χ1v) is 12.2. The van der Waals surface area contributed by atoms with Crippen LogP contribution < -0.4 is 10.1 Å². The van der Waals surface area contributed by atoms with Gasteiger partial charge in [-0.25, -0.2) is 4.98 Å². The quantitative estimate of drug-likeness (QED) is 0.217. The number of hydrogen-bond donors (Lipinski definition) is 1. The molecule has 1 amide bonds. The van der Waals surface area contributed by atoms with Gasteiger partial charge in [0.25, 0.3) is 0 Å². The Morgan fingerprint density at radius 1 is 1.03 bits per heavy atom. The zero-order valence-electron chi connectivity index (χ0n) is 18.8. The molecule has 34 heavy (non-hydrogen) atoms. The number of anilines is 1. The number of nitrogens with one attached hydrogen (secondary N) is 1. The van der Waals surface area contributed by atoms with Crippen molar-refractivity contribution >= 4 is 35.0 Å². The molecule has 1 aromatic heterocycles. The van der Waals surface area contributed by atoms with Crippen LogP contribution in [0.15, 0.2) is 71.8 Å². The number of carbonyl (C=O) groups excluding carboxylic acids is 1. The Hall–Kier alpha value is -3.35. The third-order valence-electron chi connectivity index (χ3n) is 5.41. The number of amides is 1. The molecule has 1 aliphatic heterocycles. The summed E-state index contributed by atoms with van der Waals surface area (Å²) in [6, 6.07) is 21.3. The van der Waals surface area contributed by atoms with E-state index < -0.39 is 0 Å². The molecule has 4 aromatic rings. The number of fused-ring (bicyclic) bond motifs is 2. The summed E-state index contributed by atoms with van der Waals surface area (Å²) in [6.45, 7) is 4.03. The van der Waals surface area contributed by atoms with Gasteiger partial charge in [-0.2, -0.15) is 4.98 Å². The molecule has 0 fully saturated rings. The Labute approximate surface area is 207 Å². The molecule has 3 aromatic carbocycles. The number of nitrogens with zero attached hydrogens (tertiary/aromatic N) is 2. The van der Waals surface area contributed by atoms with Gasteiger partial charge in [-0.15, -0.1) is 0 Å². The number of benzene rings is 3. The molecule has 1 aliphatic rings. The number of rotatable bonds is 5. The van der Waals surface area contributed by atoms with Gasteiger partial charge in [0.15, 0.2) is 5.82 Å². The van der Waals surface area contributed by atoms with E-state index in [2.05, 4.69) is 11.4 Å². The van der Waals surface area contributed by atoms with Crippen molar-refractivity contribution in [3.05, 3.63) is 94.0 Å². The second-order valence-corrected chi connectivity index (χ2v) is 9.65.